The molecule has 0 bridgehead atoms. The average Bonchev–Trinajstić information content (AvgIpc) is 2.68. The molecule has 0 spiro atoms. The summed E-state index contributed by atoms with van der Waals surface area (Å²) in [5.74, 6) is -3.08. The van der Waals surface area contributed by atoms with Crippen LogP contribution in [0.15, 0.2) is 23.4 Å². The number of alkyl halides is 2. The smallest absolute Gasteiger partial charge is 0.290 e. The SMILES string of the molecule is CN1CCN(S(=O)(=O)N2CCN(C(=O)c3cccnc3SC(F)F)CC2)CC1. The summed E-state index contributed by atoms with van der Waals surface area (Å²) in [6.07, 6.45) is 1.36. The van der Waals surface area contributed by atoms with E-state index in [1.54, 1.807) is 0 Å². The van der Waals surface area contributed by atoms with Crippen LogP contribution in [0.5, 0.6) is 0 Å². The Labute approximate surface area is 167 Å². The summed E-state index contributed by atoms with van der Waals surface area (Å²) >= 11 is 0.232. The van der Waals surface area contributed by atoms with Crippen LogP contribution < -0.4 is 0 Å². The van der Waals surface area contributed by atoms with Crippen molar-refractivity contribution in [1.82, 2.24) is 23.4 Å². The molecule has 1 aromatic heterocycles. The van der Waals surface area contributed by atoms with Crippen LogP contribution in [0.2, 0.25) is 0 Å². The van der Waals surface area contributed by atoms with Crippen molar-refractivity contribution in [2.24, 2.45) is 0 Å². The van der Waals surface area contributed by atoms with Crippen molar-refractivity contribution >= 4 is 27.9 Å². The molecule has 0 aromatic carbocycles. The van der Waals surface area contributed by atoms with E-state index in [1.165, 1.54) is 31.8 Å². The Bertz CT molecular complexity index is 795. The normalized spacial score (nSPS) is 20.6. The Hall–Kier alpha value is -1.34. The summed E-state index contributed by atoms with van der Waals surface area (Å²) in [4.78, 5) is 20.2. The lowest BCUT2D eigenvalue weighted by molar-refractivity contribution is 0.0688. The van der Waals surface area contributed by atoms with Crippen LogP contribution in [0.1, 0.15) is 10.4 Å². The molecule has 3 rings (SSSR count). The highest BCUT2D eigenvalue weighted by Gasteiger charge is 2.35. The van der Waals surface area contributed by atoms with Crippen molar-refractivity contribution in [3.63, 3.8) is 0 Å². The van der Waals surface area contributed by atoms with Gasteiger partial charge in [0.25, 0.3) is 21.9 Å². The summed E-state index contributed by atoms with van der Waals surface area (Å²) in [6, 6.07) is 2.99. The zero-order chi connectivity index (χ0) is 20.3. The number of carbonyl (C=O) groups is 1. The van der Waals surface area contributed by atoms with Gasteiger partial charge in [0.2, 0.25) is 0 Å². The Morgan fingerprint density at radius 3 is 2.21 bits per heavy atom. The van der Waals surface area contributed by atoms with Crippen LogP contribution >= 0.6 is 11.8 Å². The molecule has 3 heterocycles. The molecule has 2 aliphatic rings. The predicted molar refractivity (Wildman–Crippen MR) is 102 cm³/mol. The fraction of sp³-hybridized carbons (Fsp3) is 0.625. The van der Waals surface area contributed by atoms with Gasteiger partial charge in [-0.2, -0.15) is 25.8 Å². The molecule has 2 saturated heterocycles. The van der Waals surface area contributed by atoms with Gasteiger partial charge in [-0.3, -0.25) is 4.79 Å². The van der Waals surface area contributed by atoms with Crippen molar-refractivity contribution in [3.05, 3.63) is 23.9 Å². The molecule has 2 fully saturated rings. The predicted octanol–water partition coefficient (Wildman–Crippen LogP) is 0.646. The largest absolute Gasteiger partial charge is 0.336 e. The minimum atomic E-state index is -3.56. The van der Waals surface area contributed by atoms with Crippen molar-refractivity contribution < 1.29 is 22.0 Å². The van der Waals surface area contributed by atoms with Gasteiger partial charge < -0.3 is 9.80 Å². The molecule has 8 nitrogen and oxygen atoms in total. The van der Waals surface area contributed by atoms with Crippen molar-refractivity contribution in [1.29, 1.82) is 0 Å². The van der Waals surface area contributed by atoms with E-state index in [1.807, 2.05) is 7.05 Å². The third kappa shape index (κ3) is 4.79. The molecule has 0 unspecified atom stereocenters. The van der Waals surface area contributed by atoms with E-state index in [0.29, 0.717) is 26.2 Å². The first kappa shape index (κ1) is 21.4. The highest BCUT2D eigenvalue weighted by Crippen LogP contribution is 2.27. The van der Waals surface area contributed by atoms with Gasteiger partial charge in [-0.25, -0.2) is 4.98 Å². The quantitative estimate of drug-likeness (QED) is 0.632. The minimum Gasteiger partial charge on any atom is -0.336 e. The first-order valence-electron chi connectivity index (χ1n) is 8.92. The summed E-state index contributed by atoms with van der Waals surface area (Å²) in [5, 5.41) is -0.0185. The molecule has 0 N–H and O–H groups in total. The molecule has 1 aromatic rings. The lowest BCUT2D eigenvalue weighted by atomic mass is 10.2. The van der Waals surface area contributed by atoms with Gasteiger partial charge in [0, 0.05) is 58.6 Å². The van der Waals surface area contributed by atoms with E-state index < -0.39 is 21.9 Å². The van der Waals surface area contributed by atoms with Gasteiger partial charge in [0.1, 0.15) is 5.03 Å². The molecule has 12 heteroatoms. The number of piperazine rings is 2. The van der Waals surface area contributed by atoms with Crippen LogP contribution in [0, 0.1) is 0 Å². The molecule has 0 saturated carbocycles. The van der Waals surface area contributed by atoms with Gasteiger partial charge in [0.15, 0.2) is 0 Å². The van der Waals surface area contributed by atoms with Crippen molar-refractivity contribution in [3.8, 4) is 0 Å². The second kappa shape index (κ2) is 8.99. The molecule has 28 heavy (non-hydrogen) atoms. The molecule has 1 amide bonds. The molecule has 0 aliphatic carbocycles. The van der Waals surface area contributed by atoms with E-state index in [9.17, 15) is 22.0 Å². The summed E-state index contributed by atoms with van der Waals surface area (Å²) in [5.41, 5.74) is 0.114. The van der Waals surface area contributed by atoms with Gasteiger partial charge in [-0.05, 0) is 30.9 Å². The number of hydrogen-bond acceptors (Lipinski definition) is 6. The Balaban J connectivity index is 1.63. The van der Waals surface area contributed by atoms with Crippen molar-refractivity contribution in [2.45, 2.75) is 10.8 Å². The lowest BCUT2D eigenvalue weighted by Gasteiger charge is -2.39. The van der Waals surface area contributed by atoms with E-state index in [4.69, 9.17) is 0 Å². The number of aromatic nitrogens is 1. The number of halogens is 2. The number of thioether (sulfide) groups is 1. The van der Waals surface area contributed by atoms with Gasteiger partial charge in [0.05, 0.1) is 5.56 Å². The highest BCUT2D eigenvalue weighted by atomic mass is 32.2. The molecular formula is C16H23F2N5O3S2. The number of likely N-dealkylation sites (N-methyl/N-ethyl adjacent to an activating group) is 1. The second-order valence-electron chi connectivity index (χ2n) is 6.64. The van der Waals surface area contributed by atoms with Crippen LogP contribution in [0.3, 0.4) is 0 Å². The minimum absolute atomic E-state index is 0.0185. The van der Waals surface area contributed by atoms with Crippen LogP contribution in [0.25, 0.3) is 0 Å². The topological polar surface area (TPSA) is 77.1 Å². The van der Waals surface area contributed by atoms with Crippen LogP contribution in [-0.2, 0) is 10.2 Å². The standard InChI is InChI=1S/C16H23F2N5O3S2/c1-20-5-9-22(10-6-20)28(25,26)23-11-7-21(8-12-23)15(24)13-3-2-4-19-14(13)27-16(17)18/h2-4,16H,5-12H2,1H3. The lowest BCUT2D eigenvalue weighted by Crippen LogP contribution is -2.57. The third-order valence-electron chi connectivity index (χ3n) is 4.84. The van der Waals surface area contributed by atoms with Crippen LogP contribution in [0.4, 0.5) is 8.78 Å². The first-order chi connectivity index (χ1) is 13.3. The Kier molecular flexibility index (Phi) is 6.86. The van der Waals surface area contributed by atoms with Gasteiger partial charge in [-0.1, -0.05) is 0 Å². The first-order valence-corrected chi connectivity index (χ1v) is 11.2. The number of hydrogen-bond donors (Lipinski definition) is 0. The fourth-order valence-electron chi connectivity index (χ4n) is 3.21. The zero-order valence-corrected chi connectivity index (χ0v) is 17.1. The number of nitrogens with zero attached hydrogens (tertiary/aromatic N) is 5. The molecule has 2 aliphatic heterocycles. The molecule has 0 radical (unpaired) electrons. The molecule has 0 atom stereocenters. The highest BCUT2D eigenvalue weighted by molar-refractivity contribution is 7.99. The third-order valence-corrected chi connectivity index (χ3v) is 7.61. The number of amides is 1. The van der Waals surface area contributed by atoms with E-state index in [0.717, 1.165) is 0 Å². The zero-order valence-electron chi connectivity index (χ0n) is 15.5. The van der Waals surface area contributed by atoms with Gasteiger partial charge >= 0.3 is 0 Å². The number of pyridine rings is 1. The monoisotopic (exact) mass is 435 g/mol. The summed E-state index contributed by atoms with van der Waals surface area (Å²) < 4.78 is 53.9. The van der Waals surface area contributed by atoms with E-state index >= 15 is 0 Å². The number of carbonyl (C=O) groups excluding carboxylic acids is 1. The summed E-state index contributed by atoms with van der Waals surface area (Å²) in [7, 11) is -1.61. The maximum absolute atomic E-state index is 12.8. The van der Waals surface area contributed by atoms with Crippen molar-refractivity contribution in [2.75, 3.05) is 59.4 Å². The summed E-state index contributed by atoms with van der Waals surface area (Å²) in [6.45, 7) is 3.03. The van der Waals surface area contributed by atoms with E-state index in [-0.39, 0.29) is 48.5 Å². The second-order valence-corrected chi connectivity index (χ2v) is 9.54. The molecule has 156 valence electrons. The van der Waals surface area contributed by atoms with E-state index in [2.05, 4.69) is 9.88 Å². The fourth-order valence-corrected chi connectivity index (χ4v) is 5.36. The Morgan fingerprint density at radius 1 is 1.07 bits per heavy atom. The average molecular weight is 436 g/mol. The van der Waals surface area contributed by atoms with Crippen LogP contribution in [-0.4, -0.2) is 103 Å². The maximum Gasteiger partial charge on any atom is 0.290 e. The maximum atomic E-state index is 12.8. The molecular weight excluding hydrogens is 412 g/mol. The number of rotatable bonds is 5. The van der Waals surface area contributed by atoms with Gasteiger partial charge in [-0.15, -0.1) is 0 Å². The Morgan fingerprint density at radius 2 is 1.64 bits per heavy atom.